The Bertz CT molecular complexity index is 345. The lowest BCUT2D eigenvalue weighted by atomic mass is 9.79. The standard InChI is InChI=1S/C14H25N3/c1-11-4-5-13(10-12(11)2)15-7-6-14-16-8-9-17(14)3/h8-9,11-13,15H,4-7,10H2,1-3H3. The summed E-state index contributed by atoms with van der Waals surface area (Å²) >= 11 is 0. The van der Waals surface area contributed by atoms with Gasteiger partial charge in [0.15, 0.2) is 0 Å². The summed E-state index contributed by atoms with van der Waals surface area (Å²) in [7, 11) is 2.06. The van der Waals surface area contributed by atoms with Gasteiger partial charge >= 0.3 is 0 Å². The van der Waals surface area contributed by atoms with Gasteiger partial charge in [0.1, 0.15) is 5.82 Å². The summed E-state index contributed by atoms with van der Waals surface area (Å²) in [6.45, 7) is 5.82. The highest BCUT2D eigenvalue weighted by atomic mass is 15.0. The minimum absolute atomic E-state index is 0.724. The zero-order valence-corrected chi connectivity index (χ0v) is 11.3. The molecule has 0 saturated heterocycles. The molecular weight excluding hydrogens is 210 g/mol. The molecule has 3 heteroatoms. The molecule has 3 nitrogen and oxygen atoms in total. The second-order valence-electron chi connectivity index (χ2n) is 5.62. The summed E-state index contributed by atoms with van der Waals surface area (Å²) in [5.74, 6) is 2.95. The molecule has 2 rings (SSSR count). The van der Waals surface area contributed by atoms with Crippen LogP contribution in [0.1, 0.15) is 38.9 Å². The van der Waals surface area contributed by atoms with Gasteiger partial charge in [-0.15, -0.1) is 0 Å². The summed E-state index contributed by atoms with van der Waals surface area (Å²) in [6, 6.07) is 0.724. The number of hydrogen-bond donors (Lipinski definition) is 1. The number of nitrogens with zero attached hydrogens (tertiary/aromatic N) is 2. The lowest BCUT2D eigenvalue weighted by molar-refractivity contribution is 0.227. The predicted octanol–water partition coefficient (Wildman–Crippen LogP) is 2.38. The molecule has 3 atom stereocenters. The third-order valence-corrected chi connectivity index (χ3v) is 4.30. The van der Waals surface area contributed by atoms with Crippen LogP contribution in [0.5, 0.6) is 0 Å². The van der Waals surface area contributed by atoms with E-state index < -0.39 is 0 Å². The van der Waals surface area contributed by atoms with Crippen LogP contribution in [-0.2, 0) is 13.5 Å². The van der Waals surface area contributed by atoms with E-state index in [4.69, 9.17) is 0 Å². The number of nitrogens with one attached hydrogen (secondary N) is 1. The van der Waals surface area contributed by atoms with Gasteiger partial charge < -0.3 is 9.88 Å². The van der Waals surface area contributed by atoms with Crippen LogP contribution in [0.2, 0.25) is 0 Å². The molecule has 0 radical (unpaired) electrons. The minimum Gasteiger partial charge on any atom is -0.338 e. The molecule has 0 amide bonds. The van der Waals surface area contributed by atoms with E-state index in [-0.39, 0.29) is 0 Å². The fourth-order valence-electron chi connectivity index (χ4n) is 2.76. The van der Waals surface area contributed by atoms with Crippen molar-refractivity contribution in [3.63, 3.8) is 0 Å². The Labute approximate surface area is 105 Å². The van der Waals surface area contributed by atoms with Crippen molar-refractivity contribution < 1.29 is 0 Å². The summed E-state index contributed by atoms with van der Waals surface area (Å²) in [5.41, 5.74) is 0. The van der Waals surface area contributed by atoms with Gasteiger partial charge in [0, 0.05) is 38.4 Å². The average molecular weight is 235 g/mol. The maximum absolute atomic E-state index is 4.35. The number of aromatic nitrogens is 2. The molecule has 17 heavy (non-hydrogen) atoms. The molecule has 1 fully saturated rings. The molecule has 1 aromatic rings. The Morgan fingerprint density at radius 3 is 2.82 bits per heavy atom. The molecule has 1 aliphatic rings. The third kappa shape index (κ3) is 3.32. The van der Waals surface area contributed by atoms with Gasteiger partial charge in [0.05, 0.1) is 0 Å². The molecule has 1 N–H and O–H groups in total. The van der Waals surface area contributed by atoms with Gasteiger partial charge in [-0.2, -0.15) is 0 Å². The van der Waals surface area contributed by atoms with E-state index in [1.807, 2.05) is 12.4 Å². The van der Waals surface area contributed by atoms with E-state index in [0.717, 1.165) is 30.8 Å². The van der Waals surface area contributed by atoms with E-state index in [9.17, 15) is 0 Å². The first-order valence-corrected chi connectivity index (χ1v) is 6.86. The Balaban J connectivity index is 1.71. The maximum Gasteiger partial charge on any atom is 0.109 e. The van der Waals surface area contributed by atoms with Crippen molar-refractivity contribution >= 4 is 0 Å². The van der Waals surface area contributed by atoms with Gasteiger partial charge in [-0.25, -0.2) is 4.98 Å². The molecule has 1 aromatic heterocycles. The van der Waals surface area contributed by atoms with E-state index in [1.54, 1.807) is 0 Å². The Morgan fingerprint density at radius 2 is 2.18 bits per heavy atom. The molecule has 1 saturated carbocycles. The first kappa shape index (κ1) is 12.6. The summed E-state index contributed by atoms with van der Waals surface area (Å²) in [6.07, 6.45) is 8.97. The molecule has 96 valence electrons. The topological polar surface area (TPSA) is 29.9 Å². The van der Waals surface area contributed by atoms with Crippen molar-refractivity contribution in [1.29, 1.82) is 0 Å². The second kappa shape index (κ2) is 5.67. The predicted molar refractivity (Wildman–Crippen MR) is 70.9 cm³/mol. The van der Waals surface area contributed by atoms with Gasteiger partial charge in [-0.05, 0) is 31.1 Å². The van der Waals surface area contributed by atoms with Crippen LogP contribution in [0.15, 0.2) is 12.4 Å². The van der Waals surface area contributed by atoms with Gasteiger partial charge in [0.2, 0.25) is 0 Å². The largest absolute Gasteiger partial charge is 0.338 e. The lowest BCUT2D eigenvalue weighted by Crippen LogP contribution is -2.37. The number of imidazole rings is 1. The van der Waals surface area contributed by atoms with Crippen LogP contribution >= 0.6 is 0 Å². The van der Waals surface area contributed by atoms with Crippen LogP contribution in [0.3, 0.4) is 0 Å². The maximum atomic E-state index is 4.35. The van der Waals surface area contributed by atoms with E-state index in [2.05, 4.69) is 35.8 Å². The monoisotopic (exact) mass is 235 g/mol. The quantitative estimate of drug-likeness (QED) is 0.868. The van der Waals surface area contributed by atoms with E-state index in [1.165, 1.54) is 25.1 Å². The van der Waals surface area contributed by atoms with E-state index in [0.29, 0.717) is 0 Å². The zero-order valence-electron chi connectivity index (χ0n) is 11.3. The Hall–Kier alpha value is -0.830. The number of hydrogen-bond acceptors (Lipinski definition) is 2. The van der Waals surface area contributed by atoms with Crippen LogP contribution in [-0.4, -0.2) is 22.1 Å². The smallest absolute Gasteiger partial charge is 0.109 e. The highest BCUT2D eigenvalue weighted by molar-refractivity contribution is 4.92. The van der Waals surface area contributed by atoms with Crippen LogP contribution in [0, 0.1) is 11.8 Å². The third-order valence-electron chi connectivity index (χ3n) is 4.30. The first-order valence-electron chi connectivity index (χ1n) is 6.86. The zero-order chi connectivity index (χ0) is 12.3. The van der Waals surface area contributed by atoms with Crippen molar-refractivity contribution in [2.75, 3.05) is 6.54 Å². The number of aryl methyl sites for hydroxylation is 1. The fraction of sp³-hybridized carbons (Fsp3) is 0.786. The van der Waals surface area contributed by atoms with Crippen molar-refractivity contribution in [2.45, 2.75) is 45.6 Å². The van der Waals surface area contributed by atoms with Gasteiger partial charge in [-0.1, -0.05) is 13.8 Å². The average Bonchev–Trinajstić information content (AvgIpc) is 2.70. The molecule has 0 bridgehead atoms. The fourth-order valence-corrected chi connectivity index (χ4v) is 2.76. The van der Waals surface area contributed by atoms with Crippen LogP contribution < -0.4 is 5.32 Å². The van der Waals surface area contributed by atoms with Crippen molar-refractivity contribution in [3.8, 4) is 0 Å². The van der Waals surface area contributed by atoms with Crippen molar-refractivity contribution in [3.05, 3.63) is 18.2 Å². The second-order valence-corrected chi connectivity index (χ2v) is 5.62. The van der Waals surface area contributed by atoms with Crippen LogP contribution in [0.25, 0.3) is 0 Å². The summed E-state index contributed by atoms with van der Waals surface area (Å²) in [4.78, 5) is 4.35. The minimum atomic E-state index is 0.724. The molecule has 3 unspecified atom stereocenters. The molecule has 1 heterocycles. The van der Waals surface area contributed by atoms with Crippen molar-refractivity contribution in [1.82, 2.24) is 14.9 Å². The first-order chi connectivity index (χ1) is 8.16. The SMILES string of the molecule is CC1CCC(NCCc2nccn2C)CC1C. The molecular formula is C14H25N3. The number of rotatable bonds is 4. The van der Waals surface area contributed by atoms with Crippen LogP contribution in [0.4, 0.5) is 0 Å². The Morgan fingerprint density at radius 1 is 1.35 bits per heavy atom. The molecule has 0 aromatic carbocycles. The molecule has 0 spiro atoms. The highest BCUT2D eigenvalue weighted by Crippen LogP contribution is 2.29. The summed E-state index contributed by atoms with van der Waals surface area (Å²) in [5, 5.41) is 3.68. The highest BCUT2D eigenvalue weighted by Gasteiger charge is 2.23. The summed E-state index contributed by atoms with van der Waals surface area (Å²) < 4.78 is 2.10. The Kier molecular flexibility index (Phi) is 4.21. The lowest BCUT2D eigenvalue weighted by Gasteiger charge is -2.32. The van der Waals surface area contributed by atoms with Gasteiger partial charge in [0.25, 0.3) is 0 Å². The van der Waals surface area contributed by atoms with E-state index >= 15 is 0 Å². The van der Waals surface area contributed by atoms with Gasteiger partial charge in [-0.3, -0.25) is 0 Å². The molecule has 1 aliphatic carbocycles. The van der Waals surface area contributed by atoms with Crippen molar-refractivity contribution in [2.24, 2.45) is 18.9 Å². The molecule has 0 aliphatic heterocycles. The normalized spacial score (nSPS) is 29.5.